The lowest BCUT2D eigenvalue weighted by atomic mass is 9.34. The normalized spacial score (nSPS) is 56.3. The minimum atomic E-state index is -0.255. The molecule has 0 aromatic heterocycles. The highest BCUT2D eigenvalue weighted by atomic mass is 16.5. The van der Waals surface area contributed by atoms with E-state index in [4.69, 9.17) is 4.74 Å². The van der Waals surface area contributed by atoms with E-state index >= 15 is 0 Å². The zero-order chi connectivity index (χ0) is 17.3. The fraction of sp³-hybridized carbons (Fsp3) is 0.955. The Morgan fingerprint density at radius 1 is 1.00 bits per heavy atom. The van der Waals surface area contributed by atoms with E-state index in [-0.39, 0.29) is 11.4 Å². The van der Waals surface area contributed by atoms with Crippen LogP contribution in [0.3, 0.4) is 0 Å². The molecule has 24 heavy (non-hydrogen) atoms. The third-order valence-corrected chi connectivity index (χ3v) is 9.98. The van der Waals surface area contributed by atoms with Crippen LogP contribution in [0.25, 0.3) is 0 Å². The van der Waals surface area contributed by atoms with Crippen LogP contribution in [-0.4, -0.2) is 13.1 Å². The molecule has 5 rings (SSSR count). The van der Waals surface area contributed by atoms with Gasteiger partial charge in [-0.25, -0.2) is 0 Å². The summed E-state index contributed by atoms with van der Waals surface area (Å²) in [5.41, 5.74) is 0.648. The molecule has 8 atom stereocenters. The van der Waals surface area contributed by atoms with Crippen LogP contribution < -0.4 is 0 Å². The van der Waals surface area contributed by atoms with Gasteiger partial charge in [-0.2, -0.15) is 0 Å². The molecule has 0 aliphatic heterocycles. The van der Waals surface area contributed by atoms with E-state index in [2.05, 4.69) is 27.7 Å². The SMILES string of the molecule is COC(=O)C1(C)CCCC2(C)C1CCC13CCC(CC21)C(C)C3C. The van der Waals surface area contributed by atoms with Gasteiger partial charge in [-0.15, -0.1) is 0 Å². The van der Waals surface area contributed by atoms with E-state index in [1.165, 1.54) is 44.9 Å². The van der Waals surface area contributed by atoms with Gasteiger partial charge in [-0.1, -0.05) is 27.2 Å². The summed E-state index contributed by atoms with van der Waals surface area (Å²) >= 11 is 0. The predicted molar refractivity (Wildman–Crippen MR) is 96.4 cm³/mol. The van der Waals surface area contributed by atoms with E-state index in [0.29, 0.717) is 16.7 Å². The number of hydrogen-bond donors (Lipinski definition) is 0. The summed E-state index contributed by atoms with van der Waals surface area (Å²) in [5.74, 6) is 4.08. The number of esters is 1. The Kier molecular flexibility index (Phi) is 3.69. The van der Waals surface area contributed by atoms with Crippen molar-refractivity contribution in [2.45, 2.75) is 79.1 Å². The van der Waals surface area contributed by atoms with Crippen LogP contribution in [0.1, 0.15) is 79.1 Å². The molecule has 2 bridgehead atoms. The van der Waals surface area contributed by atoms with Gasteiger partial charge < -0.3 is 4.74 Å². The van der Waals surface area contributed by atoms with Gasteiger partial charge in [0.2, 0.25) is 0 Å². The number of carbonyl (C=O) groups excluding carboxylic acids is 1. The topological polar surface area (TPSA) is 26.3 Å². The molecule has 2 nitrogen and oxygen atoms in total. The molecule has 8 unspecified atom stereocenters. The van der Waals surface area contributed by atoms with Gasteiger partial charge in [-0.05, 0) is 92.3 Å². The number of rotatable bonds is 1. The standard InChI is InChI=1S/C22H36O2/c1-14-15(2)22-11-7-16(14)13-18(22)20(3)9-6-10-21(4,19(23)24-5)17(20)8-12-22/h14-18H,6-13H2,1-5H3. The molecule has 0 saturated heterocycles. The molecule has 5 aliphatic rings. The Hall–Kier alpha value is -0.530. The molecule has 5 fully saturated rings. The van der Waals surface area contributed by atoms with E-state index in [9.17, 15) is 4.79 Å². The zero-order valence-corrected chi connectivity index (χ0v) is 16.4. The number of ether oxygens (including phenoxy) is 1. The summed E-state index contributed by atoms with van der Waals surface area (Å²) in [6.07, 6.45) is 10.5. The molecule has 5 aliphatic carbocycles. The van der Waals surface area contributed by atoms with Crippen LogP contribution in [0.5, 0.6) is 0 Å². The fourth-order valence-corrected chi connectivity index (χ4v) is 8.56. The van der Waals surface area contributed by atoms with Gasteiger partial charge in [0.15, 0.2) is 0 Å². The van der Waals surface area contributed by atoms with E-state index < -0.39 is 0 Å². The minimum absolute atomic E-state index is 0.0526. The van der Waals surface area contributed by atoms with Crippen molar-refractivity contribution >= 4 is 5.97 Å². The third-order valence-electron chi connectivity index (χ3n) is 9.98. The third kappa shape index (κ3) is 1.86. The minimum Gasteiger partial charge on any atom is -0.469 e. The molecule has 0 radical (unpaired) electrons. The smallest absolute Gasteiger partial charge is 0.311 e. The van der Waals surface area contributed by atoms with Crippen LogP contribution in [0, 0.1) is 45.8 Å². The van der Waals surface area contributed by atoms with Crippen LogP contribution in [-0.2, 0) is 9.53 Å². The summed E-state index contributed by atoms with van der Waals surface area (Å²) in [5, 5.41) is 0. The van der Waals surface area contributed by atoms with E-state index in [1.807, 2.05) is 0 Å². The number of hydrogen-bond acceptors (Lipinski definition) is 2. The Morgan fingerprint density at radius 2 is 1.71 bits per heavy atom. The predicted octanol–water partition coefficient (Wildman–Crippen LogP) is 5.45. The van der Waals surface area contributed by atoms with E-state index in [1.54, 1.807) is 7.11 Å². The summed E-state index contributed by atoms with van der Waals surface area (Å²) in [7, 11) is 1.58. The molecule has 0 N–H and O–H groups in total. The highest BCUT2D eigenvalue weighted by molar-refractivity contribution is 5.77. The van der Waals surface area contributed by atoms with Crippen molar-refractivity contribution in [3.8, 4) is 0 Å². The largest absolute Gasteiger partial charge is 0.469 e. The molecule has 1 spiro atoms. The number of fused-ring (bicyclic) bond motifs is 3. The Bertz CT molecular complexity index is 542. The van der Waals surface area contributed by atoms with Gasteiger partial charge in [-0.3, -0.25) is 4.79 Å². The van der Waals surface area contributed by atoms with Gasteiger partial charge in [0.05, 0.1) is 12.5 Å². The summed E-state index contributed by atoms with van der Waals surface area (Å²) in [6.45, 7) is 9.84. The number of methoxy groups -OCH3 is 1. The second-order valence-electron chi connectivity index (χ2n) is 10.3. The maximum Gasteiger partial charge on any atom is 0.311 e. The van der Waals surface area contributed by atoms with Crippen molar-refractivity contribution in [3.63, 3.8) is 0 Å². The first-order valence-corrected chi connectivity index (χ1v) is 10.4. The lowest BCUT2D eigenvalue weighted by molar-refractivity contribution is -0.222. The first-order valence-electron chi connectivity index (χ1n) is 10.4. The molecule has 0 heterocycles. The number of carbonyl (C=O) groups is 1. The van der Waals surface area contributed by atoms with E-state index in [0.717, 1.165) is 30.1 Å². The zero-order valence-electron chi connectivity index (χ0n) is 16.4. The summed E-state index contributed by atoms with van der Waals surface area (Å²) in [4.78, 5) is 12.7. The van der Waals surface area contributed by atoms with Crippen LogP contribution in [0.15, 0.2) is 0 Å². The Labute approximate surface area is 148 Å². The van der Waals surface area contributed by atoms with Crippen molar-refractivity contribution < 1.29 is 9.53 Å². The maximum atomic E-state index is 12.7. The first kappa shape index (κ1) is 16.9. The fourth-order valence-electron chi connectivity index (χ4n) is 8.56. The molecule has 0 amide bonds. The van der Waals surface area contributed by atoms with Crippen molar-refractivity contribution in [3.05, 3.63) is 0 Å². The molecule has 0 aromatic carbocycles. The lowest BCUT2D eigenvalue weighted by Crippen LogP contribution is -2.64. The monoisotopic (exact) mass is 332 g/mol. The van der Waals surface area contributed by atoms with Crippen molar-refractivity contribution in [1.82, 2.24) is 0 Å². The molecule has 5 saturated carbocycles. The lowest BCUT2D eigenvalue weighted by Gasteiger charge is -2.70. The van der Waals surface area contributed by atoms with Gasteiger partial charge in [0.1, 0.15) is 0 Å². The second kappa shape index (κ2) is 5.24. The van der Waals surface area contributed by atoms with Gasteiger partial charge >= 0.3 is 5.97 Å². The Balaban J connectivity index is 1.75. The van der Waals surface area contributed by atoms with Gasteiger partial charge in [0, 0.05) is 0 Å². The van der Waals surface area contributed by atoms with Crippen molar-refractivity contribution in [2.24, 2.45) is 45.8 Å². The molecular formula is C22H36O2. The van der Waals surface area contributed by atoms with Crippen LogP contribution >= 0.6 is 0 Å². The molecule has 0 aromatic rings. The molecule has 2 heteroatoms. The summed E-state index contributed by atoms with van der Waals surface area (Å²) in [6, 6.07) is 0. The average molecular weight is 333 g/mol. The highest BCUT2D eigenvalue weighted by Crippen LogP contribution is 2.73. The van der Waals surface area contributed by atoms with Crippen molar-refractivity contribution in [1.29, 1.82) is 0 Å². The van der Waals surface area contributed by atoms with Gasteiger partial charge in [0.25, 0.3) is 0 Å². The van der Waals surface area contributed by atoms with Crippen molar-refractivity contribution in [2.75, 3.05) is 7.11 Å². The Morgan fingerprint density at radius 3 is 2.42 bits per heavy atom. The quantitative estimate of drug-likeness (QED) is 0.596. The van der Waals surface area contributed by atoms with Crippen LogP contribution in [0.2, 0.25) is 0 Å². The summed E-state index contributed by atoms with van der Waals surface area (Å²) < 4.78 is 5.28. The van der Waals surface area contributed by atoms with Crippen LogP contribution in [0.4, 0.5) is 0 Å². The molecular weight excluding hydrogens is 296 g/mol. The average Bonchev–Trinajstić information content (AvgIpc) is 2.58. The maximum absolute atomic E-state index is 12.7. The molecule has 136 valence electrons. The first-order chi connectivity index (χ1) is 11.3. The second-order valence-corrected chi connectivity index (χ2v) is 10.3. The highest BCUT2D eigenvalue weighted by Gasteiger charge is 2.67.